The number of carboxylic acid groups (broad SMARTS) is 1. The summed E-state index contributed by atoms with van der Waals surface area (Å²) in [6.07, 6.45) is -2.81. The Bertz CT molecular complexity index is 2750. The number of carboxylic acids is 1. The molecule has 0 aliphatic rings. The summed E-state index contributed by atoms with van der Waals surface area (Å²) in [5.41, 5.74) is 35.4. The molecule has 10 amide bonds. The van der Waals surface area contributed by atoms with Gasteiger partial charge in [0, 0.05) is 32.2 Å². The van der Waals surface area contributed by atoms with Crippen molar-refractivity contribution in [1.82, 2.24) is 42.5 Å². The van der Waals surface area contributed by atoms with E-state index in [9.17, 15) is 63.0 Å². The summed E-state index contributed by atoms with van der Waals surface area (Å²) in [7, 11) is 0. The van der Waals surface area contributed by atoms with Crippen LogP contribution in [0.2, 0.25) is 0 Å². The number of hydrogen-bond donors (Lipinski definition) is 16. The highest BCUT2D eigenvalue weighted by Gasteiger charge is 2.36. The minimum absolute atomic E-state index is 0.0135. The molecule has 0 aliphatic carbocycles. The number of aliphatic hydroxyl groups excluding tert-OH is 1. The van der Waals surface area contributed by atoms with Crippen molar-refractivity contribution >= 4 is 71.0 Å². The molecule has 0 spiro atoms. The molecule has 28 heteroatoms. The van der Waals surface area contributed by atoms with Crippen molar-refractivity contribution in [1.29, 1.82) is 0 Å². The number of aliphatic hydroxyl groups is 1. The van der Waals surface area contributed by atoms with Crippen molar-refractivity contribution in [3.8, 4) is 0 Å². The van der Waals surface area contributed by atoms with Crippen molar-refractivity contribution in [2.24, 2.45) is 45.3 Å². The van der Waals surface area contributed by atoms with Crippen molar-refractivity contribution < 1.29 is 63.0 Å². The molecule has 0 heterocycles. The van der Waals surface area contributed by atoms with Crippen LogP contribution in [0.1, 0.15) is 95.2 Å². The molecule has 86 heavy (non-hydrogen) atoms. The number of nitrogens with two attached hydrogens (primary N) is 6. The van der Waals surface area contributed by atoms with Crippen LogP contribution in [0, 0.1) is 5.92 Å². The van der Waals surface area contributed by atoms with E-state index in [2.05, 4.69) is 47.5 Å². The highest BCUT2D eigenvalue weighted by molar-refractivity contribution is 5.99. The lowest BCUT2D eigenvalue weighted by molar-refractivity contribution is -0.141. The molecule has 3 aromatic carbocycles. The molecule has 0 aliphatic heterocycles. The summed E-state index contributed by atoms with van der Waals surface area (Å²) < 4.78 is 0. The predicted octanol–water partition coefficient (Wildman–Crippen LogP) is -3.24. The molecule has 0 bridgehead atoms. The summed E-state index contributed by atoms with van der Waals surface area (Å²) in [6.45, 7) is 5.12. The second-order valence-corrected chi connectivity index (χ2v) is 21.2. The van der Waals surface area contributed by atoms with Gasteiger partial charge in [-0.15, -0.1) is 0 Å². The summed E-state index contributed by atoms with van der Waals surface area (Å²) in [5, 5.41) is 40.4. The Morgan fingerprint density at radius 3 is 1.23 bits per heavy atom. The number of rotatable bonds is 39. The number of carbonyl (C=O) groups is 11. The molecule has 0 unspecified atom stereocenters. The largest absolute Gasteiger partial charge is 0.481 e. The number of aliphatic carboxylic acids is 1. The quantitative estimate of drug-likeness (QED) is 0.0152. The van der Waals surface area contributed by atoms with Gasteiger partial charge in [-0.3, -0.25) is 57.7 Å². The third-order valence-corrected chi connectivity index (χ3v) is 13.4. The third kappa shape index (κ3) is 26.7. The van der Waals surface area contributed by atoms with Gasteiger partial charge in [-0.1, -0.05) is 105 Å². The van der Waals surface area contributed by atoms with Crippen LogP contribution in [0.3, 0.4) is 0 Å². The fourth-order valence-corrected chi connectivity index (χ4v) is 8.76. The maximum atomic E-state index is 14.6. The van der Waals surface area contributed by atoms with E-state index in [1.54, 1.807) is 105 Å². The Kier molecular flexibility index (Phi) is 30.9. The lowest BCUT2D eigenvalue weighted by Gasteiger charge is -2.28. The van der Waals surface area contributed by atoms with Crippen LogP contribution >= 0.6 is 0 Å². The molecule has 3 rings (SSSR count). The molecule has 470 valence electrons. The van der Waals surface area contributed by atoms with Crippen molar-refractivity contribution in [3.63, 3.8) is 0 Å². The van der Waals surface area contributed by atoms with Gasteiger partial charge in [0.25, 0.3) is 0 Å². The number of amides is 10. The molecule has 10 atom stereocenters. The fraction of sp³-hybridized carbons (Fsp3) is 0.483. The number of carbonyl (C=O) groups excluding carboxylic acids is 10. The number of hydrogen-bond acceptors (Lipinski definition) is 15. The highest BCUT2D eigenvalue weighted by Crippen LogP contribution is 2.13. The van der Waals surface area contributed by atoms with Gasteiger partial charge in [0.1, 0.15) is 54.4 Å². The molecule has 22 N–H and O–H groups in total. The average Bonchev–Trinajstić information content (AvgIpc) is 3.37. The summed E-state index contributed by atoms with van der Waals surface area (Å²) in [4.78, 5) is 154. The molecule has 28 nitrogen and oxygen atoms in total. The molecular formula is C58H85N15O13. The second-order valence-electron chi connectivity index (χ2n) is 21.2. The van der Waals surface area contributed by atoms with Crippen molar-refractivity contribution in [2.75, 3.05) is 13.1 Å². The molecule has 3 aromatic rings. The SMILES string of the molecule is CC(C)C[C@H](NC(=O)[C@H](Cc1ccccc1)NC(=O)[C@H](CC(=O)O)NC(=O)[C@H](CCC(N)=O)NC(=O)[C@H](Cc1ccccc1)NC(=O)[C@H](CCCCN)NC(=O)[C@@H](N)[C@@H](C)O)C(=O)N[C@@H](CCCN=C(N)N)C(=O)N[C@@H](Cc1ccccc1)C(N)=O. The van der Waals surface area contributed by atoms with E-state index in [1.165, 1.54) is 6.92 Å². The molecule has 0 radical (unpaired) electrons. The van der Waals surface area contributed by atoms with Crippen LogP contribution in [0.15, 0.2) is 96.0 Å². The number of primary amides is 2. The first-order valence-corrected chi connectivity index (χ1v) is 28.3. The summed E-state index contributed by atoms with van der Waals surface area (Å²) in [6, 6.07) is 12.0. The van der Waals surface area contributed by atoms with Crippen LogP contribution in [0.4, 0.5) is 0 Å². The predicted molar refractivity (Wildman–Crippen MR) is 318 cm³/mol. The zero-order chi connectivity index (χ0) is 63.9. The normalized spacial score (nSPS) is 14.5. The standard InChI is InChI=1S/C58H85N15O13/c1-33(2)28-42(53(82)66-39(23-15-27-65-58(63)64)50(79)69-41(49(62)78)29-35-16-7-4-8-17-35)70-55(84)44(31-37-20-11-6-12-21-37)72-56(85)45(32-47(76)77)73-52(81)40(24-25-46(60)75)67-54(83)43(30-36-18-9-5-10-19-36)71-51(80)38(22-13-14-26-59)68-57(86)48(61)34(3)74/h4-12,16-21,33-34,38-45,48,74H,13-15,22-32,59,61H2,1-3H3,(H2,60,75)(H2,62,78)(H,66,82)(H,67,83)(H,68,86)(H,69,79)(H,70,84)(H,71,80)(H,72,85)(H,73,81)(H,76,77)(H4,63,64,65)/t34-,38+,39+,40+,41+,42+,43+,44+,45+,48+/m1/s1. The van der Waals surface area contributed by atoms with Crippen molar-refractivity contribution in [3.05, 3.63) is 108 Å². The zero-order valence-corrected chi connectivity index (χ0v) is 48.7. The first-order chi connectivity index (χ1) is 40.8. The van der Waals surface area contributed by atoms with Crippen molar-refractivity contribution in [2.45, 2.75) is 158 Å². The zero-order valence-electron chi connectivity index (χ0n) is 48.7. The molecular weight excluding hydrogens is 1110 g/mol. The number of nitrogens with one attached hydrogen (secondary N) is 8. The first-order valence-electron chi connectivity index (χ1n) is 28.3. The number of benzene rings is 3. The summed E-state index contributed by atoms with van der Waals surface area (Å²) in [5.74, 6) is -11.5. The number of guanidine groups is 1. The van der Waals surface area contributed by atoms with Crippen LogP contribution in [-0.4, -0.2) is 155 Å². The Morgan fingerprint density at radius 1 is 0.465 bits per heavy atom. The summed E-state index contributed by atoms with van der Waals surface area (Å²) >= 11 is 0. The second kappa shape index (κ2) is 37.3. The lowest BCUT2D eigenvalue weighted by Crippen LogP contribution is -2.61. The van der Waals surface area contributed by atoms with E-state index in [-0.39, 0.29) is 69.9 Å². The molecule has 0 aromatic heterocycles. The van der Waals surface area contributed by atoms with Gasteiger partial charge in [-0.25, -0.2) is 0 Å². The molecule has 0 saturated heterocycles. The van der Waals surface area contributed by atoms with Gasteiger partial charge in [0.2, 0.25) is 59.1 Å². The smallest absolute Gasteiger partial charge is 0.305 e. The van der Waals surface area contributed by atoms with Crippen LogP contribution < -0.4 is 76.9 Å². The maximum Gasteiger partial charge on any atom is 0.305 e. The van der Waals surface area contributed by atoms with E-state index in [4.69, 9.17) is 34.4 Å². The van der Waals surface area contributed by atoms with Crippen LogP contribution in [0.5, 0.6) is 0 Å². The van der Waals surface area contributed by atoms with Gasteiger partial charge in [-0.05, 0) is 81.0 Å². The van der Waals surface area contributed by atoms with Crippen LogP contribution in [0.25, 0.3) is 0 Å². The van der Waals surface area contributed by atoms with Gasteiger partial charge in [0.15, 0.2) is 5.96 Å². The Morgan fingerprint density at radius 2 is 0.826 bits per heavy atom. The first kappa shape index (κ1) is 71.2. The van der Waals surface area contributed by atoms with Gasteiger partial charge in [-0.2, -0.15) is 0 Å². The number of nitrogens with zero attached hydrogens (tertiary/aromatic N) is 1. The minimum Gasteiger partial charge on any atom is -0.481 e. The van der Waals surface area contributed by atoms with E-state index in [1.807, 2.05) is 0 Å². The number of unbranched alkanes of at least 4 members (excludes halogenated alkanes) is 1. The monoisotopic (exact) mass is 1200 g/mol. The molecule has 0 fully saturated rings. The van der Waals surface area contributed by atoms with Gasteiger partial charge < -0.3 is 87.1 Å². The van der Waals surface area contributed by atoms with E-state index < -0.39 is 145 Å². The van der Waals surface area contributed by atoms with E-state index >= 15 is 0 Å². The number of aliphatic imine (C=N–C) groups is 1. The minimum atomic E-state index is -1.97. The maximum absolute atomic E-state index is 14.6. The molecule has 0 saturated carbocycles. The highest BCUT2D eigenvalue weighted by atomic mass is 16.4. The Labute approximate surface area is 499 Å². The van der Waals surface area contributed by atoms with Gasteiger partial charge in [0.05, 0.1) is 12.5 Å². The lowest BCUT2D eigenvalue weighted by atomic mass is 9.99. The van der Waals surface area contributed by atoms with E-state index in [0.717, 1.165) is 0 Å². The van der Waals surface area contributed by atoms with Gasteiger partial charge >= 0.3 is 5.97 Å². The van der Waals surface area contributed by atoms with E-state index in [0.29, 0.717) is 29.5 Å². The third-order valence-electron chi connectivity index (χ3n) is 13.4. The fourth-order valence-electron chi connectivity index (χ4n) is 8.76. The Hall–Kier alpha value is -9.02. The topological polar surface area (TPSA) is 493 Å². The average molecular weight is 1200 g/mol. The van der Waals surface area contributed by atoms with Crippen LogP contribution in [-0.2, 0) is 72.0 Å². The Balaban J connectivity index is 1.98.